The minimum absolute atomic E-state index is 0.0592. The first-order valence-electron chi connectivity index (χ1n) is 8.51. The molecule has 1 aromatic rings. The largest absolute Gasteiger partial charge is 0.445 e. The number of morpholine rings is 1. The van der Waals surface area contributed by atoms with Crippen LogP contribution in [-0.2, 0) is 16.1 Å². The molecule has 2 aliphatic rings. The number of carbonyl (C=O) groups is 1. The molecule has 1 aromatic carbocycles. The van der Waals surface area contributed by atoms with Crippen molar-refractivity contribution < 1.29 is 14.3 Å². The molecule has 0 bridgehead atoms. The zero-order valence-corrected chi connectivity index (χ0v) is 13.7. The molecule has 1 saturated heterocycles. The molecule has 2 fully saturated rings. The topological polar surface area (TPSA) is 50.8 Å². The average Bonchev–Trinajstić information content (AvgIpc) is 2.57. The van der Waals surface area contributed by atoms with Gasteiger partial charge in [-0.2, -0.15) is 0 Å². The van der Waals surface area contributed by atoms with Gasteiger partial charge in [0.25, 0.3) is 0 Å². The Bertz CT molecular complexity index is 502. The Hall–Kier alpha value is -1.59. The van der Waals surface area contributed by atoms with Crippen molar-refractivity contribution in [3.8, 4) is 0 Å². The fourth-order valence-electron chi connectivity index (χ4n) is 3.19. The van der Waals surface area contributed by atoms with Gasteiger partial charge in [0.05, 0.1) is 19.3 Å². The van der Waals surface area contributed by atoms with Crippen molar-refractivity contribution in [2.45, 2.75) is 38.5 Å². The van der Waals surface area contributed by atoms with Gasteiger partial charge in [-0.15, -0.1) is 0 Å². The SMILES string of the molecule is CC1CC(NCC2CN(C(=O)OCc3ccccc3)CCO2)C1. The van der Waals surface area contributed by atoms with Gasteiger partial charge in [-0.3, -0.25) is 0 Å². The number of nitrogens with one attached hydrogen (secondary N) is 1. The molecule has 1 heterocycles. The molecule has 0 radical (unpaired) electrons. The molecule has 1 amide bonds. The maximum absolute atomic E-state index is 12.2. The normalized spacial score (nSPS) is 27.3. The summed E-state index contributed by atoms with van der Waals surface area (Å²) in [7, 11) is 0. The first-order valence-corrected chi connectivity index (χ1v) is 8.51. The van der Waals surface area contributed by atoms with Gasteiger partial charge in [0.15, 0.2) is 0 Å². The highest BCUT2D eigenvalue weighted by Gasteiger charge is 2.28. The lowest BCUT2D eigenvalue weighted by Crippen LogP contribution is -2.51. The number of amides is 1. The highest BCUT2D eigenvalue weighted by molar-refractivity contribution is 5.67. The predicted molar refractivity (Wildman–Crippen MR) is 88.1 cm³/mol. The maximum Gasteiger partial charge on any atom is 0.410 e. The monoisotopic (exact) mass is 318 g/mol. The summed E-state index contributed by atoms with van der Waals surface area (Å²) in [6, 6.07) is 10.4. The first-order chi connectivity index (χ1) is 11.2. The fraction of sp³-hybridized carbons (Fsp3) is 0.611. The second-order valence-corrected chi connectivity index (χ2v) is 6.66. The van der Waals surface area contributed by atoms with Crippen LogP contribution < -0.4 is 5.32 Å². The number of rotatable bonds is 5. The van der Waals surface area contributed by atoms with Gasteiger partial charge in [-0.25, -0.2) is 4.79 Å². The van der Waals surface area contributed by atoms with Crippen LogP contribution in [0.4, 0.5) is 4.79 Å². The Kier molecular flexibility index (Phi) is 5.51. The van der Waals surface area contributed by atoms with Crippen LogP contribution in [-0.4, -0.2) is 49.4 Å². The van der Waals surface area contributed by atoms with Crippen molar-refractivity contribution in [1.29, 1.82) is 0 Å². The zero-order valence-electron chi connectivity index (χ0n) is 13.7. The molecule has 1 aliphatic carbocycles. The van der Waals surface area contributed by atoms with Crippen LogP contribution in [0.3, 0.4) is 0 Å². The van der Waals surface area contributed by atoms with Gasteiger partial charge in [-0.05, 0) is 24.3 Å². The van der Waals surface area contributed by atoms with E-state index in [-0.39, 0.29) is 12.2 Å². The summed E-state index contributed by atoms with van der Waals surface area (Å²) < 4.78 is 11.2. The third-order valence-electron chi connectivity index (χ3n) is 4.61. The van der Waals surface area contributed by atoms with E-state index < -0.39 is 0 Å². The van der Waals surface area contributed by atoms with E-state index in [1.54, 1.807) is 4.90 Å². The van der Waals surface area contributed by atoms with Gasteiger partial charge < -0.3 is 19.7 Å². The number of benzene rings is 1. The van der Waals surface area contributed by atoms with Crippen LogP contribution in [0, 0.1) is 5.92 Å². The second kappa shape index (κ2) is 7.79. The van der Waals surface area contributed by atoms with E-state index in [9.17, 15) is 4.79 Å². The summed E-state index contributed by atoms with van der Waals surface area (Å²) in [5.74, 6) is 0.837. The van der Waals surface area contributed by atoms with Gasteiger partial charge in [0.1, 0.15) is 6.61 Å². The Morgan fingerprint density at radius 2 is 2.13 bits per heavy atom. The number of hydrogen-bond donors (Lipinski definition) is 1. The minimum Gasteiger partial charge on any atom is -0.445 e. The summed E-state index contributed by atoms with van der Waals surface area (Å²) in [5, 5.41) is 3.53. The number of nitrogens with zero attached hydrogens (tertiary/aromatic N) is 1. The van der Waals surface area contributed by atoms with E-state index in [0.29, 0.717) is 32.3 Å². The second-order valence-electron chi connectivity index (χ2n) is 6.66. The molecule has 0 spiro atoms. The lowest BCUT2D eigenvalue weighted by Gasteiger charge is -2.37. The molecule has 0 aromatic heterocycles. The molecular formula is C18H26N2O3. The quantitative estimate of drug-likeness (QED) is 0.906. The summed E-state index contributed by atoms with van der Waals surface area (Å²) in [6.07, 6.45) is 2.30. The Morgan fingerprint density at radius 1 is 1.35 bits per heavy atom. The van der Waals surface area contributed by atoms with Crippen molar-refractivity contribution >= 4 is 6.09 Å². The highest BCUT2D eigenvalue weighted by atomic mass is 16.6. The summed E-state index contributed by atoms with van der Waals surface area (Å²) >= 11 is 0. The van der Waals surface area contributed by atoms with Crippen LogP contribution in [0.15, 0.2) is 30.3 Å². The molecule has 3 rings (SSSR count). The standard InChI is InChI=1S/C18H26N2O3/c1-14-9-16(10-14)19-11-17-12-20(7-8-22-17)18(21)23-13-15-5-3-2-4-6-15/h2-6,14,16-17,19H,7-13H2,1H3. The van der Waals surface area contributed by atoms with Crippen molar-refractivity contribution in [3.63, 3.8) is 0 Å². The molecule has 1 saturated carbocycles. The van der Waals surface area contributed by atoms with E-state index in [1.165, 1.54) is 12.8 Å². The van der Waals surface area contributed by atoms with Gasteiger partial charge in [0, 0.05) is 19.1 Å². The summed E-state index contributed by atoms with van der Waals surface area (Å²) in [5.41, 5.74) is 1.01. The molecule has 1 atom stereocenters. The zero-order chi connectivity index (χ0) is 16.1. The lowest BCUT2D eigenvalue weighted by atomic mass is 9.82. The van der Waals surface area contributed by atoms with E-state index in [2.05, 4.69) is 12.2 Å². The van der Waals surface area contributed by atoms with Crippen molar-refractivity contribution in [2.24, 2.45) is 5.92 Å². The number of carbonyl (C=O) groups excluding carboxylic acids is 1. The van der Waals surface area contributed by atoms with Crippen LogP contribution in [0.25, 0.3) is 0 Å². The van der Waals surface area contributed by atoms with E-state index in [4.69, 9.17) is 9.47 Å². The Balaban J connectivity index is 1.39. The van der Waals surface area contributed by atoms with E-state index >= 15 is 0 Å². The molecular weight excluding hydrogens is 292 g/mol. The van der Waals surface area contributed by atoms with Crippen molar-refractivity contribution in [1.82, 2.24) is 10.2 Å². The smallest absolute Gasteiger partial charge is 0.410 e. The molecule has 5 heteroatoms. The third-order valence-corrected chi connectivity index (χ3v) is 4.61. The van der Waals surface area contributed by atoms with E-state index in [1.807, 2.05) is 30.3 Å². The number of hydrogen-bond acceptors (Lipinski definition) is 4. The molecule has 126 valence electrons. The molecule has 1 N–H and O–H groups in total. The third kappa shape index (κ3) is 4.69. The predicted octanol–water partition coefficient (Wildman–Crippen LogP) is 2.41. The Labute approximate surface area is 137 Å². The van der Waals surface area contributed by atoms with Crippen LogP contribution in [0.5, 0.6) is 0 Å². The first kappa shape index (κ1) is 16.3. The fourth-order valence-corrected chi connectivity index (χ4v) is 3.19. The maximum atomic E-state index is 12.2. The minimum atomic E-state index is -0.251. The van der Waals surface area contributed by atoms with Gasteiger partial charge in [0.2, 0.25) is 0 Å². The summed E-state index contributed by atoms with van der Waals surface area (Å²) in [6.45, 7) is 5.18. The molecule has 5 nitrogen and oxygen atoms in total. The number of ether oxygens (including phenoxy) is 2. The summed E-state index contributed by atoms with van der Waals surface area (Å²) in [4.78, 5) is 13.9. The van der Waals surface area contributed by atoms with Gasteiger partial charge in [-0.1, -0.05) is 37.3 Å². The average molecular weight is 318 g/mol. The van der Waals surface area contributed by atoms with Crippen LogP contribution in [0.1, 0.15) is 25.3 Å². The molecule has 23 heavy (non-hydrogen) atoms. The lowest BCUT2D eigenvalue weighted by molar-refractivity contribution is -0.0295. The van der Waals surface area contributed by atoms with Crippen LogP contribution >= 0.6 is 0 Å². The van der Waals surface area contributed by atoms with Gasteiger partial charge >= 0.3 is 6.09 Å². The molecule has 1 aliphatic heterocycles. The Morgan fingerprint density at radius 3 is 2.87 bits per heavy atom. The van der Waals surface area contributed by atoms with Crippen molar-refractivity contribution in [2.75, 3.05) is 26.2 Å². The van der Waals surface area contributed by atoms with Crippen LogP contribution in [0.2, 0.25) is 0 Å². The molecule has 1 unspecified atom stereocenters. The highest BCUT2D eigenvalue weighted by Crippen LogP contribution is 2.26. The van der Waals surface area contributed by atoms with Crippen molar-refractivity contribution in [3.05, 3.63) is 35.9 Å². The van der Waals surface area contributed by atoms with E-state index in [0.717, 1.165) is 18.0 Å².